The molecular formula is C18H13ClF2N4O. The Hall–Kier alpha value is -2.93. The maximum absolute atomic E-state index is 12.7. The van der Waals surface area contributed by atoms with Gasteiger partial charge in [0.15, 0.2) is 0 Å². The van der Waals surface area contributed by atoms with Gasteiger partial charge in [-0.25, -0.2) is 4.68 Å². The van der Waals surface area contributed by atoms with E-state index in [2.05, 4.69) is 20.1 Å². The maximum Gasteiger partial charge on any atom is 0.387 e. The fourth-order valence-electron chi connectivity index (χ4n) is 2.91. The monoisotopic (exact) mass is 374 g/mol. The van der Waals surface area contributed by atoms with Crippen molar-refractivity contribution in [3.63, 3.8) is 0 Å². The summed E-state index contributed by atoms with van der Waals surface area (Å²) in [6.07, 6.45) is 3.30. The molecule has 0 spiro atoms. The summed E-state index contributed by atoms with van der Waals surface area (Å²) in [7, 11) is 0. The van der Waals surface area contributed by atoms with Crippen LogP contribution in [0.2, 0.25) is 5.02 Å². The Morgan fingerprint density at radius 2 is 2.00 bits per heavy atom. The van der Waals surface area contributed by atoms with Crippen molar-refractivity contribution in [2.24, 2.45) is 0 Å². The second-order valence-corrected chi connectivity index (χ2v) is 6.04. The van der Waals surface area contributed by atoms with E-state index in [4.69, 9.17) is 11.6 Å². The van der Waals surface area contributed by atoms with Crippen LogP contribution in [0, 0.1) is 0 Å². The molecule has 0 unspecified atom stereocenters. The molecule has 0 saturated heterocycles. The van der Waals surface area contributed by atoms with Gasteiger partial charge in [-0.15, -0.1) is 0 Å². The lowest BCUT2D eigenvalue weighted by atomic mass is 10.0. The van der Waals surface area contributed by atoms with Gasteiger partial charge in [-0.05, 0) is 35.9 Å². The van der Waals surface area contributed by atoms with Gasteiger partial charge < -0.3 is 10.1 Å². The third-order valence-electron chi connectivity index (χ3n) is 3.99. The van der Waals surface area contributed by atoms with E-state index in [0.29, 0.717) is 22.2 Å². The van der Waals surface area contributed by atoms with Crippen LogP contribution in [0.5, 0.6) is 5.75 Å². The number of ether oxygens (including phenoxy) is 1. The molecule has 0 saturated carbocycles. The molecule has 1 aromatic heterocycles. The number of nitrogens with one attached hydrogen (secondary N) is 1. The Kier molecular flexibility index (Phi) is 4.30. The third-order valence-corrected chi connectivity index (χ3v) is 4.23. The second-order valence-electron chi connectivity index (χ2n) is 5.61. The minimum atomic E-state index is -2.91. The van der Waals surface area contributed by atoms with Crippen molar-refractivity contribution in [1.82, 2.24) is 14.8 Å². The SMILES string of the molecule is FC(F)Oc1ccccc1C1=C[C@@H](c2cccc(Cl)c2)n2ncnc2N1. The number of fused-ring (bicyclic) bond motifs is 1. The molecule has 26 heavy (non-hydrogen) atoms. The molecule has 8 heteroatoms. The van der Waals surface area contributed by atoms with Gasteiger partial charge in [0.05, 0.1) is 5.70 Å². The normalized spacial score (nSPS) is 16.0. The first-order chi connectivity index (χ1) is 12.6. The highest BCUT2D eigenvalue weighted by molar-refractivity contribution is 6.30. The zero-order valence-corrected chi connectivity index (χ0v) is 14.1. The smallest absolute Gasteiger partial charge is 0.387 e. The minimum absolute atomic E-state index is 0.0825. The first-order valence-electron chi connectivity index (χ1n) is 7.80. The zero-order valence-electron chi connectivity index (χ0n) is 13.3. The van der Waals surface area contributed by atoms with E-state index in [1.807, 2.05) is 24.3 Å². The molecule has 5 nitrogen and oxygen atoms in total. The molecule has 2 aromatic carbocycles. The molecule has 132 valence electrons. The van der Waals surface area contributed by atoms with Crippen molar-refractivity contribution in [2.45, 2.75) is 12.7 Å². The molecule has 0 fully saturated rings. The molecule has 0 amide bonds. The van der Waals surface area contributed by atoms with Gasteiger partial charge in [0, 0.05) is 10.6 Å². The molecule has 2 heterocycles. The molecule has 1 atom stereocenters. The Morgan fingerprint density at radius 3 is 2.81 bits per heavy atom. The third kappa shape index (κ3) is 3.13. The number of hydrogen-bond acceptors (Lipinski definition) is 4. The summed E-state index contributed by atoms with van der Waals surface area (Å²) in [5.74, 6) is 0.582. The number of rotatable bonds is 4. The maximum atomic E-state index is 12.7. The van der Waals surface area contributed by atoms with Crippen LogP contribution in [0.4, 0.5) is 14.7 Å². The molecule has 1 N–H and O–H groups in total. The van der Waals surface area contributed by atoms with Crippen molar-refractivity contribution < 1.29 is 13.5 Å². The van der Waals surface area contributed by atoms with Crippen LogP contribution in [0.1, 0.15) is 17.2 Å². The number of hydrogen-bond donors (Lipinski definition) is 1. The fraction of sp³-hybridized carbons (Fsp3) is 0.111. The molecule has 4 rings (SSSR count). The van der Waals surface area contributed by atoms with Gasteiger partial charge >= 0.3 is 6.61 Å². The Labute approximate surface area is 152 Å². The van der Waals surface area contributed by atoms with E-state index in [1.54, 1.807) is 28.9 Å². The molecule has 3 aromatic rings. The first-order valence-corrected chi connectivity index (χ1v) is 8.17. The van der Waals surface area contributed by atoms with Gasteiger partial charge in [0.25, 0.3) is 0 Å². The van der Waals surface area contributed by atoms with Crippen LogP contribution < -0.4 is 10.1 Å². The van der Waals surface area contributed by atoms with Crippen molar-refractivity contribution in [2.75, 3.05) is 5.32 Å². The number of benzene rings is 2. The molecule has 1 aliphatic rings. The van der Waals surface area contributed by atoms with Crippen LogP contribution in [0.15, 0.2) is 60.9 Å². The number of nitrogens with zero attached hydrogens (tertiary/aromatic N) is 3. The highest BCUT2D eigenvalue weighted by Gasteiger charge is 2.25. The van der Waals surface area contributed by atoms with Crippen molar-refractivity contribution in [1.29, 1.82) is 0 Å². The summed E-state index contributed by atoms with van der Waals surface area (Å²) in [6, 6.07) is 13.7. The summed E-state index contributed by atoms with van der Waals surface area (Å²) in [5.41, 5.74) is 2.01. The highest BCUT2D eigenvalue weighted by atomic mass is 35.5. The van der Waals surface area contributed by atoms with Crippen LogP contribution in [-0.2, 0) is 0 Å². The lowest BCUT2D eigenvalue weighted by molar-refractivity contribution is -0.0500. The number of anilines is 1. The minimum Gasteiger partial charge on any atom is -0.434 e. The largest absolute Gasteiger partial charge is 0.434 e. The van der Waals surface area contributed by atoms with E-state index in [1.165, 1.54) is 12.4 Å². The van der Waals surface area contributed by atoms with Crippen molar-refractivity contribution >= 4 is 23.2 Å². The lowest BCUT2D eigenvalue weighted by Crippen LogP contribution is -2.20. The predicted octanol–water partition coefficient (Wildman–Crippen LogP) is 4.59. The predicted molar refractivity (Wildman–Crippen MR) is 94.3 cm³/mol. The van der Waals surface area contributed by atoms with E-state index in [-0.39, 0.29) is 11.8 Å². The fourth-order valence-corrected chi connectivity index (χ4v) is 3.11. The highest BCUT2D eigenvalue weighted by Crippen LogP contribution is 2.36. The van der Waals surface area contributed by atoms with Gasteiger partial charge in [-0.2, -0.15) is 18.9 Å². The standard InChI is InChI=1S/C18H13ClF2N4O/c19-12-5-3-4-11(8-12)15-9-14(24-18-22-10-23-25(15)18)13-6-1-2-7-16(13)26-17(20)21/h1-10,15,17H,(H,22,23,24)/t15-/m0/s1. The van der Waals surface area contributed by atoms with Crippen molar-refractivity contribution in [3.8, 4) is 5.75 Å². The van der Waals surface area contributed by atoms with E-state index in [0.717, 1.165) is 5.56 Å². The molecule has 1 aliphatic heterocycles. The Bertz CT molecular complexity index is 973. The number of allylic oxidation sites excluding steroid dienone is 1. The van der Waals surface area contributed by atoms with Crippen LogP contribution in [0.25, 0.3) is 5.70 Å². The first kappa shape index (κ1) is 16.5. The molecule has 0 radical (unpaired) electrons. The summed E-state index contributed by atoms with van der Waals surface area (Å²) in [6.45, 7) is -2.91. The average Bonchev–Trinajstić information content (AvgIpc) is 3.09. The van der Waals surface area contributed by atoms with Crippen molar-refractivity contribution in [3.05, 3.63) is 77.1 Å². The van der Waals surface area contributed by atoms with E-state index >= 15 is 0 Å². The number of halogens is 3. The topological polar surface area (TPSA) is 52.0 Å². The van der Waals surface area contributed by atoms with E-state index < -0.39 is 6.61 Å². The number of para-hydroxylation sites is 1. The van der Waals surface area contributed by atoms with Crippen LogP contribution in [-0.4, -0.2) is 21.4 Å². The molecular weight excluding hydrogens is 362 g/mol. The summed E-state index contributed by atoms with van der Waals surface area (Å²) >= 11 is 6.12. The van der Waals surface area contributed by atoms with Gasteiger partial charge in [0.2, 0.25) is 5.95 Å². The van der Waals surface area contributed by atoms with E-state index in [9.17, 15) is 8.78 Å². The average molecular weight is 375 g/mol. The lowest BCUT2D eigenvalue weighted by Gasteiger charge is -2.25. The van der Waals surface area contributed by atoms with Crippen LogP contribution in [0.3, 0.4) is 0 Å². The van der Waals surface area contributed by atoms with Gasteiger partial charge in [-0.1, -0.05) is 35.9 Å². The van der Waals surface area contributed by atoms with Crippen LogP contribution >= 0.6 is 11.6 Å². The second kappa shape index (κ2) is 6.76. The Morgan fingerprint density at radius 1 is 1.15 bits per heavy atom. The van der Waals surface area contributed by atoms with Gasteiger partial charge in [0.1, 0.15) is 18.1 Å². The zero-order chi connectivity index (χ0) is 18.1. The molecule has 0 bridgehead atoms. The summed E-state index contributed by atoms with van der Waals surface area (Å²) < 4.78 is 31.8. The molecule has 0 aliphatic carbocycles. The summed E-state index contributed by atoms with van der Waals surface area (Å²) in [5, 5.41) is 7.96. The van der Waals surface area contributed by atoms with Gasteiger partial charge in [-0.3, -0.25) is 0 Å². The quantitative estimate of drug-likeness (QED) is 0.725. The Balaban J connectivity index is 1.81. The number of alkyl halides is 2. The number of aromatic nitrogens is 3. The summed E-state index contributed by atoms with van der Waals surface area (Å²) in [4.78, 5) is 4.20.